The molecule has 1 heterocycles. The van der Waals surface area contributed by atoms with Gasteiger partial charge in [-0.3, -0.25) is 9.59 Å². The van der Waals surface area contributed by atoms with Gasteiger partial charge in [-0.25, -0.2) is 0 Å². The zero-order chi connectivity index (χ0) is 15.9. The van der Waals surface area contributed by atoms with Crippen molar-refractivity contribution in [1.29, 1.82) is 5.26 Å². The Labute approximate surface area is 130 Å². The van der Waals surface area contributed by atoms with Crippen LogP contribution in [0.25, 0.3) is 0 Å². The second kappa shape index (κ2) is 7.60. The van der Waals surface area contributed by atoms with E-state index in [4.69, 9.17) is 10.00 Å². The third kappa shape index (κ3) is 3.64. The third-order valence-corrected chi connectivity index (χ3v) is 3.85. The largest absolute Gasteiger partial charge is 0.466 e. The van der Waals surface area contributed by atoms with Crippen molar-refractivity contribution in [2.24, 2.45) is 5.92 Å². The van der Waals surface area contributed by atoms with Crippen molar-refractivity contribution >= 4 is 11.9 Å². The van der Waals surface area contributed by atoms with Gasteiger partial charge in [-0.1, -0.05) is 18.2 Å². The van der Waals surface area contributed by atoms with Gasteiger partial charge >= 0.3 is 5.97 Å². The van der Waals surface area contributed by atoms with E-state index in [1.165, 1.54) is 0 Å². The number of hydrogen-bond donors (Lipinski definition) is 0. The number of carbonyl (C=O) groups is 2. The Bertz CT molecular complexity index is 592. The molecular weight excluding hydrogens is 280 g/mol. The number of likely N-dealkylation sites (tertiary alicyclic amines) is 1. The van der Waals surface area contributed by atoms with Crippen molar-refractivity contribution in [1.82, 2.24) is 4.90 Å². The molecule has 0 radical (unpaired) electrons. The molecule has 116 valence electrons. The summed E-state index contributed by atoms with van der Waals surface area (Å²) in [5, 5.41) is 8.87. The minimum atomic E-state index is -0.249. The molecule has 1 amide bonds. The van der Waals surface area contributed by atoms with E-state index in [1.807, 2.05) is 6.07 Å². The van der Waals surface area contributed by atoms with E-state index in [1.54, 1.807) is 30.0 Å². The molecule has 0 saturated carbocycles. The molecule has 0 N–H and O–H groups in total. The number of benzene rings is 1. The monoisotopic (exact) mass is 300 g/mol. The van der Waals surface area contributed by atoms with Crippen LogP contribution in [0.15, 0.2) is 24.3 Å². The van der Waals surface area contributed by atoms with Gasteiger partial charge in [0.25, 0.3) is 5.91 Å². The van der Waals surface area contributed by atoms with E-state index in [9.17, 15) is 9.59 Å². The number of nitriles is 1. The van der Waals surface area contributed by atoms with Gasteiger partial charge in [0.2, 0.25) is 0 Å². The van der Waals surface area contributed by atoms with Gasteiger partial charge < -0.3 is 9.64 Å². The lowest BCUT2D eigenvalue weighted by Crippen LogP contribution is -2.43. The summed E-state index contributed by atoms with van der Waals surface area (Å²) in [4.78, 5) is 26.3. The van der Waals surface area contributed by atoms with Gasteiger partial charge in [0.1, 0.15) is 0 Å². The lowest BCUT2D eigenvalue weighted by molar-refractivity contribution is -0.149. The average Bonchev–Trinajstić information content (AvgIpc) is 2.55. The van der Waals surface area contributed by atoms with Gasteiger partial charge in [-0.2, -0.15) is 5.26 Å². The van der Waals surface area contributed by atoms with Crippen LogP contribution in [0.1, 0.15) is 35.7 Å². The molecular formula is C17H20N2O3. The van der Waals surface area contributed by atoms with Crippen molar-refractivity contribution in [3.8, 4) is 6.07 Å². The molecule has 1 aromatic carbocycles. The molecule has 1 unspecified atom stereocenters. The zero-order valence-electron chi connectivity index (χ0n) is 12.7. The number of amides is 1. The van der Waals surface area contributed by atoms with Crippen LogP contribution in [0.4, 0.5) is 0 Å². The maximum absolute atomic E-state index is 12.7. The van der Waals surface area contributed by atoms with Crippen LogP contribution < -0.4 is 0 Å². The van der Waals surface area contributed by atoms with Crippen LogP contribution in [-0.2, 0) is 16.0 Å². The van der Waals surface area contributed by atoms with Crippen LogP contribution in [0, 0.1) is 17.2 Å². The average molecular weight is 300 g/mol. The Morgan fingerprint density at radius 2 is 2.18 bits per heavy atom. The number of esters is 1. The quantitative estimate of drug-likeness (QED) is 0.799. The SMILES string of the molecule is CCOC(=O)C1CCCN(C(=O)c2ccccc2CC#N)C1. The van der Waals surface area contributed by atoms with Crippen LogP contribution in [0.5, 0.6) is 0 Å². The van der Waals surface area contributed by atoms with Crippen molar-refractivity contribution in [3.63, 3.8) is 0 Å². The van der Waals surface area contributed by atoms with Crippen molar-refractivity contribution in [2.75, 3.05) is 19.7 Å². The summed E-state index contributed by atoms with van der Waals surface area (Å²) in [6, 6.07) is 9.23. The number of piperidine rings is 1. The topological polar surface area (TPSA) is 70.4 Å². The second-order valence-electron chi connectivity index (χ2n) is 5.33. The second-order valence-corrected chi connectivity index (χ2v) is 5.33. The van der Waals surface area contributed by atoms with E-state index in [0.29, 0.717) is 25.3 Å². The van der Waals surface area contributed by atoms with Crippen molar-refractivity contribution in [2.45, 2.75) is 26.2 Å². The van der Waals surface area contributed by atoms with Crippen molar-refractivity contribution < 1.29 is 14.3 Å². The van der Waals surface area contributed by atoms with Crippen LogP contribution in [0.3, 0.4) is 0 Å². The molecule has 5 nitrogen and oxygen atoms in total. The molecule has 1 aromatic rings. The Balaban J connectivity index is 2.12. The molecule has 22 heavy (non-hydrogen) atoms. The molecule has 0 aliphatic carbocycles. The molecule has 1 fully saturated rings. The summed E-state index contributed by atoms with van der Waals surface area (Å²) in [5.41, 5.74) is 1.28. The molecule has 1 saturated heterocycles. The van der Waals surface area contributed by atoms with Gasteiger partial charge in [0, 0.05) is 18.7 Å². The first-order valence-electron chi connectivity index (χ1n) is 7.58. The molecule has 0 aromatic heterocycles. The Morgan fingerprint density at radius 3 is 2.91 bits per heavy atom. The number of hydrogen-bond acceptors (Lipinski definition) is 4. The van der Waals surface area contributed by atoms with E-state index < -0.39 is 0 Å². The van der Waals surface area contributed by atoms with E-state index in [-0.39, 0.29) is 24.2 Å². The highest BCUT2D eigenvalue weighted by atomic mass is 16.5. The van der Waals surface area contributed by atoms with E-state index >= 15 is 0 Å². The summed E-state index contributed by atoms with van der Waals surface area (Å²) in [6.07, 6.45) is 1.75. The minimum absolute atomic E-state index is 0.111. The Morgan fingerprint density at radius 1 is 1.41 bits per heavy atom. The molecule has 0 bridgehead atoms. The lowest BCUT2D eigenvalue weighted by atomic mass is 9.96. The maximum atomic E-state index is 12.7. The predicted octanol–water partition coefficient (Wildman–Crippen LogP) is 2.17. The Kier molecular flexibility index (Phi) is 5.54. The molecule has 1 aliphatic rings. The first-order valence-corrected chi connectivity index (χ1v) is 7.58. The maximum Gasteiger partial charge on any atom is 0.310 e. The highest BCUT2D eigenvalue weighted by Crippen LogP contribution is 2.21. The summed E-state index contributed by atoms with van der Waals surface area (Å²) < 4.78 is 5.06. The lowest BCUT2D eigenvalue weighted by Gasteiger charge is -2.32. The van der Waals surface area contributed by atoms with Gasteiger partial charge in [0.05, 0.1) is 25.0 Å². The number of ether oxygens (including phenoxy) is 1. The highest BCUT2D eigenvalue weighted by Gasteiger charge is 2.30. The van der Waals surface area contributed by atoms with Crippen LogP contribution >= 0.6 is 0 Å². The van der Waals surface area contributed by atoms with Crippen LogP contribution in [-0.4, -0.2) is 36.5 Å². The predicted molar refractivity (Wildman–Crippen MR) is 81.0 cm³/mol. The highest BCUT2D eigenvalue weighted by molar-refractivity contribution is 5.96. The fraction of sp³-hybridized carbons (Fsp3) is 0.471. The third-order valence-electron chi connectivity index (χ3n) is 3.85. The first-order chi connectivity index (χ1) is 10.7. The van der Waals surface area contributed by atoms with E-state index in [2.05, 4.69) is 6.07 Å². The number of carbonyl (C=O) groups excluding carboxylic acids is 2. The van der Waals surface area contributed by atoms with Gasteiger partial charge in [-0.15, -0.1) is 0 Å². The molecule has 1 aliphatic heterocycles. The minimum Gasteiger partial charge on any atom is -0.466 e. The molecule has 1 atom stereocenters. The fourth-order valence-corrected chi connectivity index (χ4v) is 2.75. The Hall–Kier alpha value is -2.35. The zero-order valence-corrected chi connectivity index (χ0v) is 12.7. The summed E-state index contributed by atoms with van der Waals surface area (Å²) >= 11 is 0. The summed E-state index contributed by atoms with van der Waals surface area (Å²) in [7, 11) is 0. The smallest absolute Gasteiger partial charge is 0.310 e. The first kappa shape index (κ1) is 16.0. The van der Waals surface area contributed by atoms with Crippen LogP contribution in [0.2, 0.25) is 0 Å². The van der Waals surface area contributed by atoms with Crippen molar-refractivity contribution in [3.05, 3.63) is 35.4 Å². The summed E-state index contributed by atoms with van der Waals surface area (Å²) in [6.45, 7) is 3.16. The molecule has 2 rings (SSSR count). The number of nitrogens with zero attached hydrogens (tertiary/aromatic N) is 2. The van der Waals surface area contributed by atoms with Gasteiger partial charge in [-0.05, 0) is 31.4 Å². The fourth-order valence-electron chi connectivity index (χ4n) is 2.75. The standard InChI is InChI=1S/C17H20N2O3/c1-2-22-17(21)14-7-5-11-19(12-14)16(20)15-8-4-3-6-13(15)9-10-18/h3-4,6,8,14H,2,5,7,9,11-12H2,1H3. The number of rotatable bonds is 4. The summed E-state index contributed by atoms with van der Waals surface area (Å²) in [5.74, 6) is -0.592. The van der Waals surface area contributed by atoms with Gasteiger partial charge in [0.15, 0.2) is 0 Å². The van der Waals surface area contributed by atoms with E-state index in [0.717, 1.165) is 18.4 Å². The normalized spacial score (nSPS) is 17.6. The molecule has 0 spiro atoms. The molecule has 5 heteroatoms.